The Hall–Kier alpha value is -2.77. The van der Waals surface area contributed by atoms with Crippen molar-refractivity contribution < 1.29 is 19.1 Å². The number of amides is 1. The van der Waals surface area contributed by atoms with Gasteiger partial charge in [-0.05, 0) is 55.7 Å². The molecule has 0 atom stereocenters. The Kier molecular flexibility index (Phi) is 7.18. The molecule has 158 valence electrons. The van der Waals surface area contributed by atoms with Gasteiger partial charge in [0.15, 0.2) is 4.80 Å². The molecule has 0 unspecified atom stereocenters. The van der Waals surface area contributed by atoms with Crippen molar-refractivity contribution in [3.63, 3.8) is 0 Å². The highest BCUT2D eigenvalue weighted by molar-refractivity contribution is 7.16. The molecule has 0 N–H and O–H groups in total. The van der Waals surface area contributed by atoms with Crippen LogP contribution in [0.25, 0.3) is 10.2 Å². The molecule has 3 rings (SSSR count). The molecule has 0 aliphatic carbocycles. The van der Waals surface area contributed by atoms with E-state index in [0.29, 0.717) is 30.1 Å². The highest BCUT2D eigenvalue weighted by atomic mass is 32.1. The number of esters is 1. The third kappa shape index (κ3) is 5.04. The van der Waals surface area contributed by atoms with E-state index in [1.165, 1.54) is 16.9 Å². The molecule has 0 saturated carbocycles. The first-order chi connectivity index (χ1) is 14.4. The van der Waals surface area contributed by atoms with Crippen LogP contribution >= 0.6 is 11.3 Å². The quantitative estimate of drug-likeness (QED) is 0.539. The second-order valence-corrected chi connectivity index (χ2v) is 8.04. The lowest BCUT2D eigenvalue weighted by molar-refractivity contribution is -0.117. The number of carbonyl (C=O) groups is 2. The summed E-state index contributed by atoms with van der Waals surface area (Å²) in [5.41, 5.74) is 4.69. The molecule has 1 aromatic heterocycles. The summed E-state index contributed by atoms with van der Waals surface area (Å²) in [6.07, 6.45) is 0.244. The van der Waals surface area contributed by atoms with Crippen molar-refractivity contribution in [1.82, 2.24) is 4.57 Å². The second kappa shape index (κ2) is 9.82. The third-order valence-electron chi connectivity index (χ3n) is 4.86. The van der Waals surface area contributed by atoms with Crippen molar-refractivity contribution in [2.75, 3.05) is 20.3 Å². The SMILES string of the molecule is CCOC(=O)c1ccc2c(c1)sc(=NC(=O)Cc1ccc(C)c(C)c1)n2CCOC. The smallest absolute Gasteiger partial charge is 0.338 e. The molecular weight excluding hydrogens is 400 g/mol. The average molecular weight is 427 g/mol. The standard InChI is InChI=1S/C23H26N2O4S/c1-5-29-22(27)18-8-9-19-20(14-18)30-23(25(19)10-11-28-4)24-21(26)13-17-7-6-15(2)16(3)12-17/h6-9,12,14H,5,10-11,13H2,1-4H3. The summed E-state index contributed by atoms with van der Waals surface area (Å²) in [6, 6.07) is 11.4. The van der Waals surface area contributed by atoms with Crippen LogP contribution in [0.5, 0.6) is 0 Å². The molecule has 0 radical (unpaired) electrons. The minimum Gasteiger partial charge on any atom is -0.462 e. The van der Waals surface area contributed by atoms with Gasteiger partial charge in [-0.1, -0.05) is 29.5 Å². The lowest BCUT2D eigenvalue weighted by Gasteiger charge is -2.06. The van der Waals surface area contributed by atoms with Gasteiger partial charge in [-0.3, -0.25) is 4.79 Å². The van der Waals surface area contributed by atoms with Gasteiger partial charge in [0, 0.05) is 13.7 Å². The van der Waals surface area contributed by atoms with Crippen LogP contribution in [-0.4, -0.2) is 36.8 Å². The monoisotopic (exact) mass is 426 g/mol. The summed E-state index contributed by atoms with van der Waals surface area (Å²) in [4.78, 5) is 29.7. The van der Waals surface area contributed by atoms with Crippen LogP contribution in [0, 0.1) is 13.8 Å². The number of hydrogen-bond acceptors (Lipinski definition) is 5. The molecule has 1 heterocycles. The number of aromatic nitrogens is 1. The van der Waals surface area contributed by atoms with Crippen LogP contribution < -0.4 is 4.80 Å². The zero-order valence-electron chi connectivity index (χ0n) is 17.7. The lowest BCUT2D eigenvalue weighted by Crippen LogP contribution is -2.19. The van der Waals surface area contributed by atoms with Gasteiger partial charge < -0.3 is 14.0 Å². The van der Waals surface area contributed by atoms with Gasteiger partial charge in [0.2, 0.25) is 0 Å². The average Bonchev–Trinajstić information content (AvgIpc) is 3.05. The fourth-order valence-electron chi connectivity index (χ4n) is 3.13. The van der Waals surface area contributed by atoms with E-state index >= 15 is 0 Å². The van der Waals surface area contributed by atoms with Gasteiger partial charge in [0.25, 0.3) is 5.91 Å². The van der Waals surface area contributed by atoms with E-state index in [1.54, 1.807) is 26.2 Å². The second-order valence-electron chi connectivity index (χ2n) is 7.03. The van der Waals surface area contributed by atoms with Crippen molar-refractivity contribution in [3.05, 3.63) is 63.5 Å². The Morgan fingerprint density at radius 1 is 1.10 bits per heavy atom. The summed E-state index contributed by atoms with van der Waals surface area (Å²) >= 11 is 1.38. The van der Waals surface area contributed by atoms with Crippen LogP contribution in [0.15, 0.2) is 41.4 Å². The van der Waals surface area contributed by atoms with Crippen LogP contribution in [0.2, 0.25) is 0 Å². The normalized spacial score (nSPS) is 11.8. The maximum Gasteiger partial charge on any atom is 0.338 e. The predicted octanol–water partition coefficient (Wildman–Crippen LogP) is 3.81. The lowest BCUT2D eigenvalue weighted by atomic mass is 10.0. The number of carbonyl (C=O) groups excluding carboxylic acids is 2. The molecule has 0 saturated heterocycles. The van der Waals surface area contributed by atoms with E-state index in [0.717, 1.165) is 21.3 Å². The van der Waals surface area contributed by atoms with Crippen LogP contribution in [0.1, 0.15) is 34.0 Å². The van der Waals surface area contributed by atoms with Gasteiger partial charge >= 0.3 is 5.97 Å². The summed E-state index contributed by atoms with van der Waals surface area (Å²) in [5.74, 6) is -0.567. The maximum absolute atomic E-state index is 12.7. The van der Waals surface area contributed by atoms with Crippen LogP contribution in [-0.2, 0) is 27.2 Å². The van der Waals surface area contributed by atoms with Gasteiger partial charge in [0.05, 0.1) is 35.4 Å². The molecule has 1 amide bonds. The molecule has 30 heavy (non-hydrogen) atoms. The topological polar surface area (TPSA) is 69.9 Å². The number of nitrogens with zero attached hydrogens (tertiary/aromatic N) is 2. The Morgan fingerprint density at radius 3 is 2.60 bits per heavy atom. The molecule has 7 heteroatoms. The van der Waals surface area contributed by atoms with Crippen molar-refractivity contribution >= 4 is 33.4 Å². The molecule has 3 aromatic rings. The summed E-state index contributed by atoms with van der Waals surface area (Å²) in [7, 11) is 1.63. The molecule has 0 aliphatic heterocycles. The molecule has 6 nitrogen and oxygen atoms in total. The Morgan fingerprint density at radius 2 is 1.90 bits per heavy atom. The first-order valence-electron chi connectivity index (χ1n) is 9.86. The first kappa shape index (κ1) is 21.9. The van der Waals surface area contributed by atoms with Crippen molar-refractivity contribution in [1.29, 1.82) is 0 Å². The summed E-state index contributed by atoms with van der Waals surface area (Å²) in [5, 5.41) is 0. The Bertz CT molecular complexity index is 1140. The number of ether oxygens (including phenoxy) is 2. The number of rotatable bonds is 7. The van der Waals surface area contributed by atoms with E-state index in [1.807, 2.05) is 42.7 Å². The molecule has 2 aromatic carbocycles. The minimum absolute atomic E-state index is 0.207. The molecule has 0 spiro atoms. The van der Waals surface area contributed by atoms with Crippen molar-refractivity contribution in [3.8, 4) is 0 Å². The van der Waals surface area contributed by atoms with E-state index in [-0.39, 0.29) is 18.3 Å². The van der Waals surface area contributed by atoms with Gasteiger partial charge in [-0.2, -0.15) is 4.99 Å². The van der Waals surface area contributed by atoms with Gasteiger partial charge in [-0.15, -0.1) is 0 Å². The Balaban J connectivity index is 1.97. The number of fused-ring (bicyclic) bond motifs is 1. The number of aryl methyl sites for hydroxylation is 2. The summed E-state index contributed by atoms with van der Waals surface area (Å²) < 4.78 is 13.1. The largest absolute Gasteiger partial charge is 0.462 e. The van der Waals surface area contributed by atoms with Gasteiger partial charge in [0.1, 0.15) is 0 Å². The number of benzene rings is 2. The van der Waals surface area contributed by atoms with Crippen molar-refractivity contribution in [2.24, 2.45) is 4.99 Å². The molecular formula is C23H26N2O4S. The van der Waals surface area contributed by atoms with Crippen molar-refractivity contribution in [2.45, 2.75) is 33.7 Å². The highest BCUT2D eigenvalue weighted by Crippen LogP contribution is 2.20. The number of methoxy groups -OCH3 is 1. The van der Waals surface area contributed by atoms with Crippen LogP contribution in [0.4, 0.5) is 0 Å². The molecule has 0 aliphatic rings. The van der Waals surface area contributed by atoms with E-state index < -0.39 is 0 Å². The van der Waals surface area contributed by atoms with E-state index in [2.05, 4.69) is 4.99 Å². The summed E-state index contributed by atoms with van der Waals surface area (Å²) in [6.45, 7) is 7.23. The number of hydrogen-bond donors (Lipinski definition) is 0. The number of thiazole rings is 1. The first-order valence-corrected chi connectivity index (χ1v) is 10.7. The maximum atomic E-state index is 12.7. The molecule has 0 bridgehead atoms. The Labute approximate surface area is 179 Å². The predicted molar refractivity (Wildman–Crippen MR) is 118 cm³/mol. The van der Waals surface area contributed by atoms with E-state index in [4.69, 9.17) is 9.47 Å². The zero-order valence-corrected chi connectivity index (χ0v) is 18.5. The fraction of sp³-hybridized carbons (Fsp3) is 0.348. The van der Waals surface area contributed by atoms with Crippen LogP contribution in [0.3, 0.4) is 0 Å². The highest BCUT2D eigenvalue weighted by Gasteiger charge is 2.13. The minimum atomic E-state index is -0.361. The van der Waals surface area contributed by atoms with Gasteiger partial charge in [-0.25, -0.2) is 4.79 Å². The van der Waals surface area contributed by atoms with E-state index in [9.17, 15) is 9.59 Å². The third-order valence-corrected chi connectivity index (χ3v) is 5.90. The fourth-order valence-corrected chi connectivity index (χ4v) is 4.25. The molecule has 0 fully saturated rings. The zero-order chi connectivity index (χ0) is 21.7.